The topological polar surface area (TPSA) is 80.0 Å². The van der Waals surface area contributed by atoms with Crippen LogP contribution in [-0.2, 0) is 0 Å². The van der Waals surface area contributed by atoms with E-state index in [1.807, 2.05) is 0 Å². The van der Waals surface area contributed by atoms with Gasteiger partial charge in [-0.05, 0) is 12.1 Å². The summed E-state index contributed by atoms with van der Waals surface area (Å²) in [6.45, 7) is 0. The Morgan fingerprint density at radius 1 is 1.36 bits per heavy atom. The van der Waals surface area contributed by atoms with Gasteiger partial charge in [0.2, 0.25) is 0 Å². The predicted molar refractivity (Wildman–Crippen MR) is 51.6 cm³/mol. The summed E-state index contributed by atoms with van der Waals surface area (Å²) in [5.41, 5.74) is 5.40. The second kappa shape index (κ2) is 2.89. The summed E-state index contributed by atoms with van der Waals surface area (Å²) in [7, 11) is 0. The SMILES string of the molecule is N#Cc1c(N)c2ccccc2oc1=O. The lowest BCUT2D eigenvalue weighted by Gasteiger charge is -2.00. The summed E-state index contributed by atoms with van der Waals surface area (Å²) in [5.74, 6) is 0. The number of hydrogen-bond donors (Lipinski definition) is 1. The van der Waals surface area contributed by atoms with Crippen LogP contribution >= 0.6 is 0 Å². The van der Waals surface area contributed by atoms with E-state index in [2.05, 4.69) is 0 Å². The zero-order valence-electron chi connectivity index (χ0n) is 7.15. The Labute approximate surface area is 79.2 Å². The molecule has 0 saturated heterocycles. The van der Waals surface area contributed by atoms with Crippen LogP contribution in [0.4, 0.5) is 5.69 Å². The Morgan fingerprint density at radius 2 is 2.07 bits per heavy atom. The highest BCUT2D eigenvalue weighted by molar-refractivity contribution is 5.90. The van der Waals surface area contributed by atoms with Crippen LogP contribution in [0.3, 0.4) is 0 Å². The van der Waals surface area contributed by atoms with E-state index in [4.69, 9.17) is 15.4 Å². The molecule has 2 rings (SSSR count). The van der Waals surface area contributed by atoms with Gasteiger partial charge < -0.3 is 10.2 Å². The zero-order valence-corrected chi connectivity index (χ0v) is 7.15. The van der Waals surface area contributed by atoms with Gasteiger partial charge >= 0.3 is 5.63 Å². The highest BCUT2D eigenvalue weighted by atomic mass is 16.4. The maximum Gasteiger partial charge on any atom is 0.356 e. The standard InChI is InChI=1S/C10H6N2O2/c11-5-7-9(12)6-3-1-2-4-8(6)14-10(7)13/h1-4H,12H2. The summed E-state index contributed by atoms with van der Waals surface area (Å²) < 4.78 is 4.91. The van der Waals surface area contributed by atoms with Gasteiger partial charge in [0.25, 0.3) is 0 Å². The van der Waals surface area contributed by atoms with Crippen molar-refractivity contribution in [2.75, 3.05) is 5.73 Å². The molecule has 0 atom stereocenters. The van der Waals surface area contributed by atoms with Gasteiger partial charge in [0.15, 0.2) is 5.56 Å². The summed E-state index contributed by atoms with van der Waals surface area (Å²) in [6, 6.07) is 8.56. The normalized spacial score (nSPS) is 9.93. The molecule has 1 aromatic heterocycles. The summed E-state index contributed by atoms with van der Waals surface area (Å²) in [5, 5.41) is 9.26. The minimum Gasteiger partial charge on any atom is -0.422 e. The van der Waals surface area contributed by atoms with E-state index >= 15 is 0 Å². The zero-order chi connectivity index (χ0) is 10.1. The van der Waals surface area contributed by atoms with Crippen molar-refractivity contribution in [3.05, 3.63) is 40.2 Å². The minimum absolute atomic E-state index is 0.135. The van der Waals surface area contributed by atoms with E-state index < -0.39 is 5.63 Å². The molecule has 2 aromatic rings. The maximum absolute atomic E-state index is 11.2. The molecule has 68 valence electrons. The fourth-order valence-corrected chi connectivity index (χ4v) is 1.28. The average Bonchev–Trinajstić information content (AvgIpc) is 2.18. The molecule has 0 saturated carbocycles. The summed E-state index contributed by atoms with van der Waals surface area (Å²) >= 11 is 0. The van der Waals surface area contributed by atoms with Crippen molar-refractivity contribution in [2.45, 2.75) is 0 Å². The van der Waals surface area contributed by atoms with Crippen molar-refractivity contribution in [3.8, 4) is 6.07 Å². The number of anilines is 1. The van der Waals surface area contributed by atoms with Gasteiger partial charge in [0.1, 0.15) is 11.7 Å². The molecular weight excluding hydrogens is 180 g/mol. The molecular formula is C10H6N2O2. The minimum atomic E-state index is -0.691. The number of nitrogens with zero attached hydrogens (tertiary/aromatic N) is 1. The smallest absolute Gasteiger partial charge is 0.356 e. The first-order valence-electron chi connectivity index (χ1n) is 3.95. The molecule has 1 aromatic carbocycles. The summed E-state index contributed by atoms with van der Waals surface area (Å²) in [4.78, 5) is 11.2. The lowest BCUT2D eigenvalue weighted by atomic mass is 10.1. The Morgan fingerprint density at radius 3 is 2.79 bits per heavy atom. The van der Waals surface area contributed by atoms with Crippen LogP contribution in [0.2, 0.25) is 0 Å². The van der Waals surface area contributed by atoms with Gasteiger partial charge in [-0.1, -0.05) is 12.1 Å². The molecule has 0 radical (unpaired) electrons. The van der Waals surface area contributed by atoms with Gasteiger partial charge in [-0.15, -0.1) is 0 Å². The molecule has 0 spiro atoms. The Balaban J connectivity index is 3.02. The number of hydrogen-bond acceptors (Lipinski definition) is 4. The first-order chi connectivity index (χ1) is 6.74. The molecule has 0 unspecified atom stereocenters. The van der Waals surface area contributed by atoms with Crippen LogP contribution < -0.4 is 11.4 Å². The van der Waals surface area contributed by atoms with Crippen LogP contribution in [0.15, 0.2) is 33.5 Å². The van der Waals surface area contributed by atoms with Gasteiger partial charge in [0, 0.05) is 5.39 Å². The highest BCUT2D eigenvalue weighted by Gasteiger charge is 2.10. The number of benzene rings is 1. The van der Waals surface area contributed by atoms with Gasteiger partial charge in [-0.25, -0.2) is 4.79 Å². The summed E-state index contributed by atoms with van der Waals surface area (Å²) in [6.07, 6.45) is 0. The molecule has 14 heavy (non-hydrogen) atoms. The number of nitrogens with two attached hydrogens (primary N) is 1. The first-order valence-corrected chi connectivity index (χ1v) is 3.95. The number of nitrogen functional groups attached to an aromatic ring is 1. The van der Waals surface area contributed by atoms with Crippen molar-refractivity contribution >= 4 is 16.7 Å². The molecule has 4 nitrogen and oxygen atoms in total. The Bertz CT molecular complexity index is 593. The molecule has 4 heteroatoms. The van der Waals surface area contributed by atoms with Gasteiger partial charge in [-0.3, -0.25) is 0 Å². The third kappa shape index (κ3) is 1.04. The molecule has 0 amide bonds. The maximum atomic E-state index is 11.2. The van der Waals surface area contributed by atoms with E-state index in [1.54, 1.807) is 30.3 Å². The van der Waals surface area contributed by atoms with Crippen molar-refractivity contribution in [3.63, 3.8) is 0 Å². The predicted octanol–water partition coefficient (Wildman–Crippen LogP) is 1.25. The monoisotopic (exact) mass is 186 g/mol. The van der Waals surface area contributed by atoms with Crippen molar-refractivity contribution < 1.29 is 4.42 Å². The fraction of sp³-hybridized carbons (Fsp3) is 0. The second-order valence-corrected chi connectivity index (χ2v) is 2.79. The van der Waals surface area contributed by atoms with Crippen molar-refractivity contribution in [1.29, 1.82) is 5.26 Å². The van der Waals surface area contributed by atoms with Crippen molar-refractivity contribution in [1.82, 2.24) is 0 Å². The van der Waals surface area contributed by atoms with Crippen LogP contribution in [0.25, 0.3) is 11.0 Å². The van der Waals surface area contributed by atoms with E-state index in [0.717, 1.165) is 0 Å². The third-order valence-corrected chi connectivity index (χ3v) is 1.97. The molecule has 1 heterocycles. The lowest BCUT2D eigenvalue weighted by Crippen LogP contribution is -2.08. The van der Waals surface area contributed by atoms with E-state index in [-0.39, 0.29) is 11.3 Å². The lowest BCUT2D eigenvalue weighted by molar-refractivity contribution is 0.559. The Kier molecular flexibility index (Phi) is 1.72. The average molecular weight is 186 g/mol. The van der Waals surface area contributed by atoms with Crippen LogP contribution in [0.5, 0.6) is 0 Å². The highest BCUT2D eigenvalue weighted by Crippen LogP contribution is 2.20. The van der Waals surface area contributed by atoms with Gasteiger partial charge in [-0.2, -0.15) is 5.26 Å². The first kappa shape index (κ1) is 8.32. The van der Waals surface area contributed by atoms with Crippen LogP contribution in [0, 0.1) is 11.3 Å². The van der Waals surface area contributed by atoms with E-state index in [9.17, 15) is 4.79 Å². The second-order valence-electron chi connectivity index (χ2n) is 2.79. The van der Waals surface area contributed by atoms with Crippen LogP contribution in [-0.4, -0.2) is 0 Å². The van der Waals surface area contributed by atoms with Gasteiger partial charge in [0.05, 0.1) is 5.69 Å². The number of fused-ring (bicyclic) bond motifs is 1. The molecule has 2 N–H and O–H groups in total. The largest absolute Gasteiger partial charge is 0.422 e. The van der Waals surface area contributed by atoms with Crippen LogP contribution in [0.1, 0.15) is 5.56 Å². The molecule has 0 aliphatic carbocycles. The number of nitriles is 1. The molecule has 0 aliphatic heterocycles. The fourth-order valence-electron chi connectivity index (χ4n) is 1.28. The number of rotatable bonds is 0. The quantitative estimate of drug-likeness (QED) is 0.628. The molecule has 0 fully saturated rings. The van der Waals surface area contributed by atoms with E-state index in [1.165, 1.54) is 0 Å². The number of para-hydroxylation sites is 1. The Hall–Kier alpha value is -2.28. The third-order valence-electron chi connectivity index (χ3n) is 1.97. The molecule has 0 bridgehead atoms. The van der Waals surface area contributed by atoms with E-state index in [0.29, 0.717) is 11.0 Å². The molecule has 0 aliphatic rings. The van der Waals surface area contributed by atoms with Crippen molar-refractivity contribution in [2.24, 2.45) is 0 Å².